The molecule has 2 saturated heterocycles. The van der Waals surface area contributed by atoms with Crippen LogP contribution >= 0.6 is 0 Å². The minimum Gasteiger partial charge on any atom is -0.378 e. The van der Waals surface area contributed by atoms with Gasteiger partial charge >= 0.3 is 6.03 Å². The SMILES string of the molecule is Cc1ccc([C@]2(c3ccccc3)NC(=O)N(CC(=O)N3CCOCC3)C2=O)cc1C. The summed E-state index contributed by atoms with van der Waals surface area (Å²) in [6.07, 6.45) is 0. The molecule has 2 aliphatic rings. The Bertz CT molecular complexity index is 985. The number of benzene rings is 2. The van der Waals surface area contributed by atoms with E-state index in [2.05, 4.69) is 5.32 Å². The summed E-state index contributed by atoms with van der Waals surface area (Å²) in [5.74, 6) is -0.700. The van der Waals surface area contributed by atoms with Gasteiger partial charge in [-0.15, -0.1) is 0 Å². The van der Waals surface area contributed by atoms with E-state index in [0.29, 0.717) is 37.4 Å². The van der Waals surface area contributed by atoms with Gasteiger partial charge in [0.25, 0.3) is 5.91 Å². The van der Waals surface area contributed by atoms with Crippen LogP contribution in [0.5, 0.6) is 0 Å². The van der Waals surface area contributed by atoms with Gasteiger partial charge in [-0.1, -0.05) is 48.5 Å². The second-order valence-electron chi connectivity index (χ2n) is 7.73. The zero-order valence-corrected chi connectivity index (χ0v) is 17.2. The van der Waals surface area contributed by atoms with Gasteiger partial charge in [-0.3, -0.25) is 14.5 Å². The van der Waals surface area contributed by atoms with Crippen molar-refractivity contribution in [2.45, 2.75) is 19.4 Å². The van der Waals surface area contributed by atoms with Gasteiger partial charge in [0.1, 0.15) is 6.54 Å². The summed E-state index contributed by atoms with van der Waals surface area (Å²) >= 11 is 0. The predicted molar refractivity (Wildman–Crippen MR) is 111 cm³/mol. The van der Waals surface area contributed by atoms with Gasteiger partial charge < -0.3 is 15.0 Å². The molecule has 2 heterocycles. The molecule has 1 atom stereocenters. The molecule has 2 aromatic rings. The second-order valence-corrected chi connectivity index (χ2v) is 7.73. The first-order valence-electron chi connectivity index (χ1n) is 10.1. The van der Waals surface area contributed by atoms with Gasteiger partial charge in [0.15, 0.2) is 5.54 Å². The third kappa shape index (κ3) is 3.35. The standard InChI is InChI=1S/C23H25N3O4/c1-16-8-9-19(14-17(16)2)23(18-6-4-3-5-7-18)21(28)26(22(29)24-23)15-20(27)25-10-12-30-13-11-25/h3-9,14H,10-13,15H2,1-2H3,(H,24,29)/t23-/m0/s1. The number of hydrogen-bond donors (Lipinski definition) is 1. The fourth-order valence-electron chi connectivity index (χ4n) is 3.99. The van der Waals surface area contributed by atoms with E-state index in [1.54, 1.807) is 4.90 Å². The van der Waals surface area contributed by atoms with Gasteiger partial charge in [0.2, 0.25) is 5.91 Å². The van der Waals surface area contributed by atoms with Crippen molar-refractivity contribution in [2.75, 3.05) is 32.8 Å². The van der Waals surface area contributed by atoms with Crippen LogP contribution in [0.4, 0.5) is 4.79 Å². The summed E-state index contributed by atoms with van der Waals surface area (Å²) in [7, 11) is 0. The molecule has 2 aliphatic heterocycles. The first-order valence-corrected chi connectivity index (χ1v) is 10.1. The van der Waals surface area contributed by atoms with Gasteiger partial charge in [0.05, 0.1) is 13.2 Å². The fraction of sp³-hybridized carbons (Fsp3) is 0.348. The summed E-state index contributed by atoms with van der Waals surface area (Å²) in [4.78, 5) is 42.0. The van der Waals surface area contributed by atoms with Crippen LogP contribution in [0.3, 0.4) is 0 Å². The molecule has 4 rings (SSSR count). The van der Waals surface area contributed by atoms with Crippen molar-refractivity contribution in [1.82, 2.24) is 15.1 Å². The van der Waals surface area contributed by atoms with Gasteiger partial charge in [-0.2, -0.15) is 0 Å². The van der Waals surface area contributed by atoms with Crippen LogP contribution < -0.4 is 5.32 Å². The van der Waals surface area contributed by atoms with Crippen molar-refractivity contribution in [3.63, 3.8) is 0 Å². The van der Waals surface area contributed by atoms with Crippen LogP contribution in [-0.4, -0.2) is 60.5 Å². The fourth-order valence-corrected chi connectivity index (χ4v) is 3.99. The maximum absolute atomic E-state index is 13.7. The Morgan fingerprint density at radius 1 is 1.00 bits per heavy atom. The van der Waals surface area contributed by atoms with Crippen molar-refractivity contribution in [3.8, 4) is 0 Å². The molecule has 30 heavy (non-hydrogen) atoms. The summed E-state index contributed by atoms with van der Waals surface area (Å²) < 4.78 is 5.28. The molecular formula is C23H25N3O4. The lowest BCUT2D eigenvalue weighted by Crippen LogP contribution is -2.48. The number of carbonyl (C=O) groups is 3. The third-order valence-corrected chi connectivity index (χ3v) is 5.91. The van der Waals surface area contributed by atoms with Crippen molar-refractivity contribution in [1.29, 1.82) is 0 Å². The molecule has 156 valence electrons. The topological polar surface area (TPSA) is 79.0 Å². The Morgan fingerprint density at radius 3 is 2.37 bits per heavy atom. The van der Waals surface area contributed by atoms with Crippen molar-refractivity contribution >= 4 is 17.8 Å². The van der Waals surface area contributed by atoms with Crippen LogP contribution in [0.2, 0.25) is 0 Å². The number of imide groups is 1. The molecule has 7 nitrogen and oxygen atoms in total. The monoisotopic (exact) mass is 407 g/mol. The second kappa shape index (κ2) is 7.91. The number of nitrogens with one attached hydrogen (secondary N) is 1. The number of ether oxygens (including phenoxy) is 1. The Hall–Kier alpha value is -3.19. The average molecular weight is 407 g/mol. The van der Waals surface area contributed by atoms with Crippen LogP contribution in [0.1, 0.15) is 22.3 Å². The highest BCUT2D eigenvalue weighted by Crippen LogP contribution is 2.36. The minimum atomic E-state index is -1.36. The molecular weight excluding hydrogens is 382 g/mol. The van der Waals surface area contributed by atoms with Crippen LogP contribution in [0.25, 0.3) is 0 Å². The zero-order valence-electron chi connectivity index (χ0n) is 17.2. The maximum atomic E-state index is 13.7. The number of morpholine rings is 1. The predicted octanol–water partition coefficient (Wildman–Crippen LogP) is 1.96. The quantitative estimate of drug-likeness (QED) is 0.786. The first-order chi connectivity index (χ1) is 14.4. The molecule has 0 bridgehead atoms. The minimum absolute atomic E-state index is 0.259. The third-order valence-electron chi connectivity index (χ3n) is 5.91. The van der Waals surface area contributed by atoms with E-state index in [4.69, 9.17) is 4.74 Å². The summed E-state index contributed by atoms with van der Waals surface area (Å²) in [5.41, 5.74) is 2.09. The Balaban J connectivity index is 1.72. The first kappa shape index (κ1) is 20.1. The maximum Gasteiger partial charge on any atom is 0.326 e. The Morgan fingerprint density at radius 2 is 1.70 bits per heavy atom. The van der Waals surface area contributed by atoms with Gasteiger partial charge in [-0.05, 0) is 36.1 Å². The highest BCUT2D eigenvalue weighted by molar-refractivity contribution is 6.11. The number of hydrogen-bond acceptors (Lipinski definition) is 4. The van der Waals surface area contributed by atoms with Crippen LogP contribution in [0, 0.1) is 13.8 Å². The molecule has 1 N–H and O–H groups in total. The lowest BCUT2D eigenvalue weighted by molar-refractivity contribution is -0.141. The number of carbonyl (C=O) groups excluding carboxylic acids is 3. The lowest BCUT2D eigenvalue weighted by atomic mass is 9.81. The van der Waals surface area contributed by atoms with Crippen molar-refractivity contribution in [3.05, 3.63) is 70.8 Å². The van der Waals surface area contributed by atoms with Crippen LogP contribution in [-0.2, 0) is 19.9 Å². The normalized spacial score (nSPS) is 21.7. The van der Waals surface area contributed by atoms with E-state index < -0.39 is 17.5 Å². The zero-order chi connectivity index (χ0) is 21.3. The van der Waals surface area contributed by atoms with Gasteiger partial charge in [0, 0.05) is 13.1 Å². The number of urea groups is 1. The number of rotatable bonds is 4. The van der Waals surface area contributed by atoms with Gasteiger partial charge in [-0.25, -0.2) is 4.79 Å². The number of amides is 4. The molecule has 0 spiro atoms. The van der Waals surface area contributed by atoms with E-state index in [9.17, 15) is 14.4 Å². The molecule has 4 amide bonds. The smallest absolute Gasteiger partial charge is 0.326 e. The number of nitrogens with zero attached hydrogens (tertiary/aromatic N) is 2. The average Bonchev–Trinajstić information content (AvgIpc) is 3.02. The van der Waals surface area contributed by atoms with E-state index in [0.717, 1.165) is 16.0 Å². The molecule has 0 saturated carbocycles. The largest absolute Gasteiger partial charge is 0.378 e. The molecule has 2 fully saturated rings. The molecule has 0 aromatic heterocycles. The Labute approximate surface area is 175 Å². The van der Waals surface area contributed by atoms with Crippen molar-refractivity contribution < 1.29 is 19.1 Å². The highest BCUT2D eigenvalue weighted by Gasteiger charge is 2.54. The molecule has 2 aromatic carbocycles. The van der Waals surface area contributed by atoms with E-state index >= 15 is 0 Å². The molecule has 7 heteroatoms. The van der Waals surface area contributed by atoms with Crippen molar-refractivity contribution in [2.24, 2.45) is 0 Å². The Kier molecular flexibility index (Phi) is 5.30. The summed E-state index contributed by atoms with van der Waals surface area (Å²) in [6.45, 7) is 5.52. The highest BCUT2D eigenvalue weighted by atomic mass is 16.5. The summed E-state index contributed by atoms with van der Waals surface area (Å²) in [6, 6.07) is 14.3. The van der Waals surface area contributed by atoms with E-state index in [1.807, 2.05) is 62.4 Å². The molecule has 0 aliphatic carbocycles. The van der Waals surface area contributed by atoms with Crippen LogP contribution in [0.15, 0.2) is 48.5 Å². The number of aryl methyl sites for hydroxylation is 2. The summed E-state index contributed by atoms with van der Waals surface area (Å²) in [5, 5.41) is 2.90. The van der Waals surface area contributed by atoms with E-state index in [1.165, 1.54) is 0 Å². The van der Waals surface area contributed by atoms with E-state index in [-0.39, 0.29) is 12.5 Å². The molecule has 0 radical (unpaired) electrons. The lowest BCUT2D eigenvalue weighted by Gasteiger charge is -2.30. The molecule has 0 unspecified atom stereocenters.